The molecule has 0 saturated heterocycles. The first kappa shape index (κ1) is 9.16. The molecule has 3 rings (SSSR count). The standard InChI is InChI=1S/C14H12N2/c15-12-7-3-2-6-11(12)14-9-10-5-1-4-8-13(10)16-14/h1-8H,9,15H2. The van der Waals surface area contributed by atoms with Crippen LogP contribution in [0.3, 0.4) is 0 Å². The van der Waals surface area contributed by atoms with Crippen LogP contribution in [0.25, 0.3) is 0 Å². The van der Waals surface area contributed by atoms with Crippen molar-refractivity contribution in [3.8, 4) is 0 Å². The molecule has 2 N–H and O–H groups in total. The summed E-state index contributed by atoms with van der Waals surface area (Å²) in [4.78, 5) is 4.62. The second-order valence-corrected chi connectivity index (χ2v) is 3.95. The van der Waals surface area contributed by atoms with Crippen molar-refractivity contribution in [3.05, 3.63) is 59.7 Å². The van der Waals surface area contributed by atoms with Gasteiger partial charge in [0.25, 0.3) is 0 Å². The molecule has 0 fully saturated rings. The summed E-state index contributed by atoms with van der Waals surface area (Å²) in [5.74, 6) is 0. The first-order chi connectivity index (χ1) is 7.84. The van der Waals surface area contributed by atoms with Crippen LogP contribution < -0.4 is 5.73 Å². The molecule has 0 atom stereocenters. The van der Waals surface area contributed by atoms with Crippen molar-refractivity contribution in [2.75, 3.05) is 5.73 Å². The van der Waals surface area contributed by atoms with Gasteiger partial charge in [-0.05, 0) is 17.7 Å². The van der Waals surface area contributed by atoms with Crippen LogP contribution in [0.15, 0.2) is 53.5 Å². The fourth-order valence-electron chi connectivity index (χ4n) is 2.05. The zero-order valence-corrected chi connectivity index (χ0v) is 8.85. The van der Waals surface area contributed by atoms with Crippen LogP contribution >= 0.6 is 0 Å². The zero-order valence-electron chi connectivity index (χ0n) is 8.85. The molecule has 0 saturated carbocycles. The lowest BCUT2D eigenvalue weighted by Crippen LogP contribution is -2.04. The highest BCUT2D eigenvalue weighted by molar-refractivity contribution is 6.09. The number of nitrogens with two attached hydrogens (primary N) is 1. The van der Waals surface area contributed by atoms with Crippen molar-refractivity contribution in [1.29, 1.82) is 0 Å². The van der Waals surface area contributed by atoms with Gasteiger partial charge in [-0.3, -0.25) is 4.99 Å². The highest BCUT2D eigenvalue weighted by Gasteiger charge is 2.16. The average Bonchev–Trinajstić information content (AvgIpc) is 2.73. The number of benzene rings is 2. The molecule has 0 bridgehead atoms. The topological polar surface area (TPSA) is 38.4 Å². The summed E-state index contributed by atoms with van der Waals surface area (Å²) in [5, 5.41) is 0. The minimum atomic E-state index is 0.800. The van der Waals surface area contributed by atoms with E-state index in [0.717, 1.165) is 29.1 Å². The van der Waals surface area contributed by atoms with Gasteiger partial charge in [-0.15, -0.1) is 0 Å². The van der Waals surface area contributed by atoms with E-state index >= 15 is 0 Å². The van der Waals surface area contributed by atoms with Crippen molar-refractivity contribution >= 4 is 17.1 Å². The molecule has 0 spiro atoms. The van der Waals surface area contributed by atoms with Gasteiger partial charge in [0, 0.05) is 17.7 Å². The number of hydrogen-bond donors (Lipinski definition) is 1. The maximum absolute atomic E-state index is 5.95. The Hall–Kier alpha value is -2.09. The maximum atomic E-state index is 5.95. The SMILES string of the molecule is Nc1ccccc1C1=Nc2ccccc2C1. The number of para-hydroxylation sites is 2. The Bertz CT molecular complexity index is 570. The van der Waals surface area contributed by atoms with Gasteiger partial charge in [0.2, 0.25) is 0 Å². The Morgan fingerprint density at radius 3 is 2.50 bits per heavy atom. The lowest BCUT2D eigenvalue weighted by Gasteiger charge is -2.03. The van der Waals surface area contributed by atoms with E-state index in [-0.39, 0.29) is 0 Å². The van der Waals surface area contributed by atoms with Crippen molar-refractivity contribution in [3.63, 3.8) is 0 Å². The fourth-order valence-corrected chi connectivity index (χ4v) is 2.05. The summed E-state index contributed by atoms with van der Waals surface area (Å²) in [6.07, 6.45) is 0.879. The molecule has 16 heavy (non-hydrogen) atoms. The fraction of sp³-hybridized carbons (Fsp3) is 0.0714. The Morgan fingerprint density at radius 2 is 1.69 bits per heavy atom. The van der Waals surface area contributed by atoms with Gasteiger partial charge in [-0.2, -0.15) is 0 Å². The van der Waals surface area contributed by atoms with E-state index < -0.39 is 0 Å². The first-order valence-electron chi connectivity index (χ1n) is 5.35. The Kier molecular flexibility index (Phi) is 2.00. The Balaban J connectivity index is 2.05. The average molecular weight is 208 g/mol. The molecular weight excluding hydrogens is 196 g/mol. The third-order valence-electron chi connectivity index (χ3n) is 2.88. The third-order valence-corrected chi connectivity index (χ3v) is 2.88. The van der Waals surface area contributed by atoms with Gasteiger partial charge in [-0.25, -0.2) is 0 Å². The van der Waals surface area contributed by atoms with E-state index in [0.29, 0.717) is 0 Å². The number of fused-ring (bicyclic) bond motifs is 1. The lowest BCUT2D eigenvalue weighted by atomic mass is 10.0. The second-order valence-electron chi connectivity index (χ2n) is 3.95. The van der Waals surface area contributed by atoms with E-state index in [1.807, 2.05) is 42.5 Å². The van der Waals surface area contributed by atoms with Gasteiger partial charge >= 0.3 is 0 Å². The van der Waals surface area contributed by atoms with Crippen molar-refractivity contribution in [2.45, 2.75) is 6.42 Å². The summed E-state index contributed by atoms with van der Waals surface area (Å²) < 4.78 is 0. The molecule has 78 valence electrons. The number of hydrogen-bond acceptors (Lipinski definition) is 2. The summed E-state index contributed by atoms with van der Waals surface area (Å²) >= 11 is 0. The van der Waals surface area contributed by atoms with Crippen LogP contribution in [0.1, 0.15) is 11.1 Å². The largest absolute Gasteiger partial charge is 0.398 e. The number of nitrogens with zero attached hydrogens (tertiary/aromatic N) is 1. The Morgan fingerprint density at radius 1 is 0.938 bits per heavy atom. The monoisotopic (exact) mass is 208 g/mol. The summed E-state index contributed by atoms with van der Waals surface area (Å²) in [7, 11) is 0. The highest BCUT2D eigenvalue weighted by atomic mass is 14.8. The summed E-state index contributed by atoms with van der Waals surface area (Å²) in [6, 6.07) is 16.1. The third kappa shape index (κ3) is 1.39. The molecule has 2 heteroatoms. The molecule has 0 unspecified atom stereocenters. The zero-order chi connectivity index (χ0) is 11.0. The molecule has 1 heterocycles. The second kappa shape index (κ2) is 3.49. The van der Waals surface area contributed by atoms with Crippen LogP contribution in [0.4, 0.5) is 11.4 Å². The van der Waals surface area contributed by atoms with Gasteiger partial charge < -0.3 is 5.73 Å². The lowest BCUT2D eigenvalue weighted by molar-refractivity contribution is 1.39. The highest BCUT2D eigenvalue weighted by Crippen LogP contribution is 2.29. The van der Waals surface area contributed by atoms with Crippen LogP contribution in [0, 0.1) is 0 Å². The van der Waals surface area contributed by atoms with Crippen LogP contribution in [0.2, 0.25) is 0 Å². The van der Waals surface area contributed by atoms with E-state index in [2.05, 4.69) is 11.1 Å². The molecular formula is C14H12N2. The van der Waals surface area contributed by atoms with Crippen molar-refractivity contribution in [2.24, 2.45) is 4.99 Å². The molecule has 0 radical (unpaired) electrons. The normalized spacial score (nSPS) is 13.4. The van der Waals surface area contributed by atoms with E-state index in [1.165, 1.54) is 5.56 Å². The predicted octanol–water partition coefficient (Wildman–Crippen LogP) is 2.95. The van der Waals surface area contributed by atoms with Crippen LogP contribution in [0.5, 0.6) is 0 Å². The number of rotatable bonds is 1. The number of aliphatic imine (C=N–C) groups is 1. The molecule has 2 aromatic carbocycles. The molecule has 1 aliphatic heterocycles. The van der Waals surface area contributed by atoms with Gasteiger partial charge in [0.05, 0.1) is 11.4 Å². The molecule has 1 aliphatic rings. The predicted molar refractivity (Wildman–Crippen MR) is 67.2 cm³/mol. The molecule has 0 aliphatic carbocycles. The first-order valence-corrected chi connectivity index (χ1v) is 5.35. The molecule has 0 amide bonds. The quantitative estimate of drug-likeness (QED) is 0.719. The van der Waals surface area contributed by atoms with Crippen LogP contribution in [-0.4, -0.2) is 5.71 Å². The minimum Gasteiger partial charge on any atom is -0.398 e. The minimum absolute atomic E-state index is 0.800. The smallest absolute Gasteiger partial charge is 0.0669 e. The molecule has 2 nitrogen and oxygen atoms in total. The van der Waals surface area contributed by atoms with Gasteiger partial charge in [0.15, 0.2) is 0 Å². The molecule has 0 aromatic heterocycles. The van der Waals surface area contributed by atoms with E-state index in [4.69, 9.17) is 5.73 Å². The molecule has 2 aromatic rings. The Labute approximate surface area is 94.4 Å². The van der Waals surface area contributed by atoms with Gasteiger partial charge in [0.1, 0.15) is 0 Å². The number of nitrogen functional groups attached to an aromatic ring is 1. The maximum Gasteiger partial charge on any atom is 0.0669 e. The van der Waals surface area contributed by atoms with E-state index in [1.54, 1.807) is 0 Å². The van der Waals surface area contributed by atoms with Gasteiger partial charge in [-0.1, -0.05) is 36.4 Å². The summed E-state index contributed by atoms with van der Waals surface area (Å²) in [5.41, 5.74) is 11.2. The van der Waals surface area contributed by atoms with Crippen molar-refractivity contribution < 1.29 is 0 Å². The van der Waals surface area contributed by atoms with Crippen molar-refractivity contribution in [1.82, 2.24) is 0 Å². The van der Waals surface area contributed by atoms with E-state index in [9.17, 15) is 0 Å². The number of anilines is 1. The van der Waals surface area contributed by atoms with Crippen LogP contribution in [-0.2, 0) is 6.42 Å². The summed E-state index contributed by atoms with van der Waals surface area (Å²) in [6.45, 7) is 0.